The highest BCUT2D eigenvalue weighted by Gasteiger charge is 2.24. The molecule has 1 heterocycles. The van der Waals surface area contributed by atoms with Gasteiger partial charge in [-0.2, -0.15) is 0 Å². The van der Waals surface area contributed by atoms with Gasteiger partial charge in [0.25, 0.3) is 0 Å². The molecule has 0 radical (unpaired) electrons. The summed E-state index contributed by atoms with van der Waals surface area (Å²) in [6, 6.07) is 5.82. The summed E-state index contributed by atoms with van der Waals surface area (Å²) in [6.45, 7) is 0. The van der Waals surface area contributed by atoms with Gasteiger partial charge in [0.05, 0.1) is 0 Å². The van der Waals surface area contributed by atoms with E-state index >= 15 is 0 Å². The number of nitrogens with zero attached hydrogens (tertiary/aromatic N) is 2. The molecule has 3 rings (SSSR count). The van der Waals surface area contributed by atoms with Crippen molar-refractivity contribution in [1.82, 2.24) is 9.97 Å². The third-order valence-corrected chi connectivity index (χ3v) is 6.25. The average molecular weight is 451 g/mol. The molecular weight excluding hydrogens is 439 g/mol. The number of hydrogen-bond donors (Lipinski definition) is 0. The highest BCUT2D eigenvalue weighted by molar-refractivity contribution is 9.13. The lowest BCUT2D eigenvalue weighted by molar-refractivity contribution is 0.715. The van der Waals surface area contributed by atoms with Crippen molar-refractivity contribution in [2.75, 3.05) is 0 Å². The van der Waals surface area contributed by atoms with Gasteiger partial charge in [0.1, 0.15) is 10.3 Å². The van der Waals surface area contributed by atoms with Crippen molar-refractivity contribution in [3.05, 3.63) is 43.0 Å². The molecule has 0 aliphatic heterocycles. The number of benzene rings is 1. The quantitative estimate of drug-likeness (QED) is 0.479. The van der Waals surface area contributed by atoms with E-state index in [1.807, 2.05) is 18.2 Å². The summed E-state index contributed by atoms with van der Waals surface area (Å²) >= 11 is 19.7. The Kier molecular flexibility index (Phi) is 4.89. The Bertz CT molecular complexity index is 662. The number of halogens is 4. The molecule has 2 aromatic rings. The fourth-order valence-corrected chi connectivity index (χ4v) is 4.05. The summed E-state index contributed by atoms with van der Waals surface area (Å²) < 4.78 is 1.92. The average Bonchev–Trinajstić information content (AvgIpc) is 2.95. The third-order valence-electron chi connectivity index (χ3n) is 3.79. The van der Waals surface area contributed by atoms with E-state index in [0.717, 1.165) is 32.9 Å². The van der Waals surface area contributed by atoms with Gasteiger partial charge in [-0.25, -0.2) is 9.97 Å². The second-order valence-corrected chi connectivity index (χ2v) is 7.58. The normalized spacial score (nSPS) is 15.6. The van der Waals surface area contributed by atoms with Crippen LogP contribution in [0.3, 0.4) is 0 Å². The molecule has 1 aliphatic rings. The van der Waals surface area contributed by atoms with Crippen LogP contribution < -0.4 is 0 Å². The van der Waals surface area contributed by atoms with E-state index in [-0.39, 0.29) is 0 Å². The van der Waals surface area contributed by atoms with E-state index < -0.39 is 0 Å². The molecule has 21 heavy (non-hydrogen) atoms. The molecule has 1 saturated carbocycles. The Labute approximate surface area is 150 Å². The summed E-state index contributed by atoms with van der Waals surface area (Å²) in [5, 5.41) is 0.965. The van der Waals surface area contributed by atoms with E-state index in [2.05, 4.69) is 41.8 Å². The number of rotatable bonds is 2. The first-order chi connectivity index (χ1) is 10.1. The van der Waals surface area contributed by atoms with Crippen molar-refractivity contribution in [1.29, 1.82) is 0 Å². The highest BCUT2D eigenvalue weighted by Crippen LogP contribution is 2.41. The van der Waals surface area contributed by atoms with Gasteiger partial charge in [-0.05, 0) is 68.8 Å². The van der Waals surface area contributed by atoms with Crippen LogP contribution in [0.1, 0.15) is 37.2 Å². The molecule has 0 unspecified atom stereocenters. The van der Waals surface area contributed by atoms with E-state index in [9.17, 15) is 0 Å². The summed E-state index contributed by atoms with van der Waals surface area (Å²) in [7, 11) is 0. The molecule has 0 bridgehead atoms. The molecule has 0 spiro atoms. The predicted molar refractivity (Wildman–Crippen MR) is 94.1 cm³/mol. The molecule has 1 aliphatic carbocycles. The van der Waals surface area contributed by atoms with Crippen molar-refractivity contribution < 1.29 is 0 Å². The number of aromatic nitrogens is 2. The van der Waals surface area contributed by atoms with Gasteiger partial charge in [-0.1, -0.05) is 36.0 Å². The molecule has 6 heteroatoms. The van der Waals surface area contributed by atoms with E-state index in [1.165, 1.54) is 12.8 Å². The molecule has 1 aromatic heterocycles. The Balaban J connectivity index is 2.03. The van der Waals surface area contributed by atoms with Crippen LogP contribution in [0.5, 0.6) is 0 Å². The lowest BCUT2D eigenvalue weighted by atomic mass is 10.0. The standard InChI is InChI=1S/C15H12Br2Cl2N2/c16-10-6-5-9(7-11(10)17)15-20-13(18)12(14(19)21-15)8-3-1-2-4-8/h5-8H,1-4H2. The van der Waals surface area contributed by atoms with Gasteiger partial charge in [0.2, 0.25) is 0 Å². The minimum absolute atomic E-state index is 0.399. The molecule has 0 N–H and O–H groups in total. The van der Waals surface area contributed by atoms with Gasteiger partial charge in [-0.3, -0.25) is 0 Å². The van der Waals surface area contributed by atoms with Crippen LogP contribution in [0.2, 0.25) is 10.3 Å². The van der Waals surface area contributed by atoms with Crippen LogP contribution in [0.15, 0.2) is 27.1 Å². The van der Waals surface area contributed by atoms with Crippen LogP contribution >= 0.6 is 55.1 Å². The number of hydrogen-bond acceptors (Lipinski definition) is 2. The Morgan fingerprint density at radius 2 is 1.57 bits per heavy atom. The largest absolute Gasteiger partial charge is 0.216 e. The maximum Gasteiger partial charge on any atom is 0.162 e. The molecule has 110 valence electrons. The second kappa shape index (κ2) is 6.53. The maximum atomic E-state index is 6.38. The van der Waals surface area contributed by atoms with Gasteiger partial charge >= 0.3 is 0 Å². The van der Waals surface area contributed by atoms with Gasteiger partial charge < -0.3 is 0 Å². The van der Waals surface area contributed by atoms with Crippen LogP contribution in [0.4, 0.5) is 0 Å². The lowest BCUT2D eigenvalue weighted by Gasteiger charge is -2.14. The molecule has 0 atom stereocenters. The van der Waals surface area contributed by atoms with Crippen molar-refractivity contribution in [3.8, 4) is 11.4 Å². The van der Waals surface area contributed by atoms with E-state index in [0.29, 0.717) is 22.0 Å². The fraction of sp³-hybridized carbons (Fsp3) is 0.333. The molecule has 2 nitrogen and oxygen atoms in total. The zero-order valence-corrected chi connectivity index (χ0v) is 15.7. The van der Waals surface area contributed by atoms with Crippen molar-refractivity contribution in [3.63, 3.8) is 0 Å². The maximum absolute atomic E-state index is 6.38. The van der Waals surface area contributed by atoms with Crippen LogP contribution in [0, 0.1) is 0 Å². The first kappa shape index (κ1) is 15.7. The van der Waals surface area contributed by atoms with Crippen molar-refractivity contribution in [2.24, 2.45) is 0 Å². The SMILES string of the molecule is Clc1nc(-c2ccc(Br)c(Br)c2)nc(Cl)c1C1CCCC1. The molecule has 0 amide bonds. The summed E-state index contributed by atoms with van der Waals surface area (Å²) in [6.07, 6.45) is 4.68. The van der Waals surface area contributed by atoms with Crippen LogP contribution in [-0.4, -0.2) is 9.97 Å². The van der Waals surface area contributed by atoms with Crippen molar-refractivity contribution in [2.45, 2.75) is 31.6 Å². The Hall–Kier alpha value is -0.160. The minimum Gasteiger partial charge on any atom is -0.216 e. The first-order valence-corrected chi connectivity index (χ1v) is 9.09. The third kappa shape index (κ3) is 3.29. The van der Waals surface area contributed by atoms with Crippen molar-refractivity contribution >= 4 is 55.1 Å². The van der Waals surface area contributed by atoms with Gasteiger partial charge in [0.15, 0.2) is 5.82 Å². The smallest absolute Gasteiger partial charge is 0.162 e. The minimum atomic E-state index is 0.399. The summed E-state index contributed by atoms with van der Waals surface area (Å²) in [5.74, 6) is 0.954. The first-order valence-electron chi connectivity index (χ1n) is 6.74. The molecular formula is C15H12Br2Cl2N2. The van der Waals surface area contributed by atoms with Crippen LogP contribution in [0.25, 0.3) is 11.4 Å². The topological polar surface area (TPSA) is 25.8 Å². The molecule has 1 aromatic carbocycles. The molecule has 0 saturated heterocycles. The zero-order valence-electron chi connectivity index (χ0n) is 11.0. The van der Waals surface area contributed by atoms with E-state index in [1.54, 1.807) is 0 Å². The van der Waals surface area contributed by atoms with Gasteiger partial charge in [0, 0.05) is 20.1 Å². The Morgan fingerprint density at radius 3 is 2.14 bits per heavy atom. The Morgan fingerprint density at radius 1 is 0.952 bits per heavy atom. The second-order valence-electron chi connectivity index (χ2n) is 5.15. The fourth-order valence-electron chi connectivity index (χ4n) is 2.73. The van der Waals surface area contributed by atoms with E-state index in [4.69, 9.17) is 23.2 Å². The summed E-state index contributed by atoms with van der Waals surface area (Å²) in [5.41, 5.74) is 1.79. The predicted octanol–water partition coefficient (Wildman–Crippen LogP) is 6.63. The zero-order chi connectivity index (χ0) is 15.0. The lowest BCUT2D eigenvalue weighted by Crippen LogP contribution is -2.01. The molecule has 1 fully saturated rings. The van der Waals surface area contributed by atoms with Gasteiger partial charge in [-0.15, -0.1) is 0 Å². The highest BCUT2D eigenvalue weighted by atomic mass is 79.9. The monoisotopic (exact) mass is 448 g/mol. The van der Waals surface area contributed by atoms with Crippen LogP contribution in [-0.2, 0) is 0 Å². The summed E-state index contributed by atoms with van der Waals surface area (Å²) in [4.78, 5) is 8.91.